The first kappa shape index (κ1) is 11.2. The summed E-state index contributed by atoms with van der Waals surface area (Å²) in [6.07, 6.45) is 6.76. The molecule has 0 aliphatic heterocycles. The summed E-state index contributed by atoms with van der Waals surface area (Å²) >= 11 is 3.28. The van der Waals surface area contributed by atoms with E-state index in [2.05, 4.69) is 26.2 Å². The van der Waals surface area contributed by atoms with E-state index in [1.165, 1.54) is 25.7 Å². The van der Waals surface area contributed by atoms with Crippen molar-refractivity contribution in [2.24, 2.45) is 17.8 Å². The van der Waals surface area contributed by atoms with E-state index in [4.69, 9.17) is 0 Å². The first-order chi connectivity index (χ1) is 8.25. The van der Waals surface area contributed by atoms with Crippen LogP contribution in [0.5, 0.6) is 0 Å². The van der Waals surface area contributed by atoms with Gasteiger partial charge in [-0.05, 0) is 52.7 Å². The molecule has 0 aromatic carbocycles. The number of hydrogen-bond acceptors (Lipinski definition) is 2. The van der Waals surface area contributed by atoms with Crippen molar-refractivity contribution in [3.05, 3.63) is 22.9 Å². The minimum absolute atomic E-state index is 0.186. The molecule has 17 heavy (non-hydrogen) atoms. The van der Waals surface area contributed by atoms with Crippen molar-refractivity contribution >= 4 is 27.5 Å². The highest BCUT2D eigenvalue weighted by Gasteiger charge is 2.54. The highest BCUT2D eigenvalue weighted by molar-refractivity contribution is 9.10. The van der Waals surface area contributed by atoms with Crippen molar-refractivity contribution in [2.45, 2.75) is 25.7 Å². The lowest BCUT2D eigenvalue weighted by Gasteiger charge is -2.04. The number of halogens is 1. The molecule has 3 nitrogen and oxygen atoms in total. The Kier molecular flexibility index (Phi) is 2.90. The standard InChI is InChI=1S/C13H15BrN2O/c14-11-6-5-8(7-15-11)16-13(17)12-9-3-1-2-4-10(9)12/h5-7,9-10,12H,1-4H2,(H,16,17). The third-order valence-corrected chi connectivity index (χ3v) is 4.42. The fraction of sp³-hybridized carbons (Fsp3) is 0.538. The number of amides is 1. The predicted molar refractivity (Wildman–Crippen MR) is 69.5 cm³/mol. The Balaban J connectivity index is 1.62. The van der Waals surface area contributed by atoms with E-state index in [1.54, 1.807) is 6.20 Å². The molecule has 1 amide bonds. The maximum atomic E-state index is 12.1. The quantitative estimate of drug-likeness (QED) is 0.851. The largest absolute Gasteiger partial charge is 0.324 e. The number of pyridine rings is 1. The minimum Gasteiger partial charge on any atom is -0.324 e. The zero-order valence-electron chi connectivity index (χ0n) is 9.53. The molecule has 1 heterocycles. The van der Waals surface area contributed by atoms with Gasteiger partial charge in [0.2, 0.25) is 5.91 Å². The van der Waals surface area contributed by atoms with E-state index in [0.29, 0.717) is 11.8 Å². The monoisotopic (exact) mass is 294 g/mol. The molecule has 1 aromatic heterocycles. The summed E-state index contributed by atoms with van der Waals surface area (Å²) in [7, 11) is 0. The van der Waals surface area contributed by atoms with Gasteiger partial charge in [-0.15, -0.1) is 0 Å². The van der Waals surface area contributed by atoms with Gasteiger partial charge in [0.05, 0.1) is 11.9 Å². The van der Waals surface area contributed by atoms with Crippen LogP contribution in [0.3, 0.4) is 0 Å². The molecule has 4 heteroatoms. The molecule has 0 bridgehead atoms. The molecule has 1 aromatic rings. The molecule has 2 aliphatic carbocycles. The van der Waals surface area contributed by atoms with Crippen LogP contribution in [-0.2, 0) is 4.79 Å². The Labute approximate surface area is 109 Å². The van der Waals surface area contributed by atoms with E-state index < -0.39 is 0 Å². The number of carbonyl (C=O) groups is 1. The topological polar surface area (TPSA) is 42.0 Å². The Bertz CT molecular complexity index is 420. The van der Waals surface area contributed by atoms with Gasteiger partial charge in [0.1, 0.15) is 4.60 Å². The van der Waals surface area contributed by atoms with Gasteiger partial charge >= 0.3 is 0 Å². The molecule has 0 radical (unpaired) electrons. The zero-order chi connectivity index (χ0) is 11.8. The number of fused-ring (bicyclic) bond motifs is 1. The number of aromatic nitrogens is 1. The molecule has 2 aliphatic rings. The first-order valence-electron chi connectivity index (χ1n) is 6.18. The van der Waals surface area contributed by atoms with Crippen molar-refractivity contribution in [2.75, 3.05) is 5.32 Å². The lowest BCUT2D eigenvalue weighted by molar-refractivity contribution is -0.117. The van der Waals surface area contributed by atoms with E-state index in [0.717, 1.165) is 10.3 Å². The average Bonchev–Trinajstić information content (AvgIpc) is 3.06. The summed E-state index contributed by atoms with van der Waals surface area (Å²) in [5.74, 6) is 1.77. The number of rotatable bonds is 2. The highest BCUT2D eigenvalue weighted by Crippen LogP contribution is 2.55. The molecule has 90 valence electrons. The normalized spacial score (nSPS) is 30.5. The highest BCUT2D eigenvalue weighted by atomic mass is 79.9. The van der Waals surface area contributed by atoms with Crippen LogP contribution in [0.15, 0.2) is 22.9 Å². The van der Waals surface area contributed by atoms with Gasteiger partial charge < -0.3 is 5.32 Å². The fourth-order valence-electron chi connectivity index (χ4n) is 3.06. The van der Waals surface area contributed by atoms with Crippen LogP contribution in [0.4, 0.5) is 5.69 Å². The summed E-state index contributed by atoms with van der Waals surface area (Å²) < 4.78 is 0.788. The minimum atomic E-state index is 0.186. The third-order valence-electron chi connectivity index (χ3n) is 3.95. The van der Waals surface area contributed by atoms with Gasteiger partial charge in [0, 0.05) is 5.92 Å². The summed E-state index contributed by atoms with van der Waals surface area (Å²) in [5.41, 5.74) is 0.793. The number of hydrogen-bond donors (Lipinski definition) is 1. The maximum absolute atomic E-state index is 12.1. The van der Waals surface area contributed by atoms with E-state index in [1.807, 2.05) is 12.1 Å². The predicted octanol–water partition coefficient (Wildman–Crippen LogP) is 3.22. The second-order valence-corrected chi connectivity index (χ2v) is 5.81. The van der Waals surface area contributed by atoms with Crippen molar-refractivity contribution < 1.29 is 4.79 Å². The number of anilines is 1. The van der Waals surface area contributed by atoms with Crippen LogP contribution in [0.1, 0.15) is 25.7 Å². The smallest absolute Gasteiger partial charge is 0.228 e. The van der Waals surface area contributed by atoms with Crippen LogP contribution < -0.4 is 5.32 Å². The zero-order valence-corrected chi connectivity index (χ0v) is 11.1. The van der Waals surface area contributed by atoms with Gasteiger partial charge in [-0.3, -0.25) is 4.79 Å². The van der Waals surface area contributed by atoms with E-state index in [9.17, 15) is 4.79 Å². The van der Waals surface area contributed by atoms with Crippen molar-refractivity contribution in [3.8, 4) is 0 Å². The van der Waals surface area contributed by atoms with E-state index >= 15 is 0 Å². The molecule has 0 spiro atoms. The van der Waals surface area contributed by atoms with Crippen molar-refractivity contribution in [1.82, 2.24) is 4.98 Å². The van der Waals surface area contributed by atoms with Gasteiger partial charge in [-0.1, -0.05) is 12.8 Å². The lowest BCUT2D eigenvalue weighted by atomic mass is 10.0. The molecule has 0 saturated heterocycles. The van der Waals surface area contributed by atoms with Crippen LogP contribution in [0.2, 0.25) is 0 Å². The molecular formula is C13H15BrN2O. The van der Waals surface area contributed by atoms with Crippen LogP contribution in [0.25, 0.3) is 0 Å². The summed E-state index contributed by atoms with van der Waals surface area (Å²) in [4.78, 5) is 16.2. The Morgan fingerprint density at radius 3 is 2.59 bits per heavy atom. The molecule has 3 rings (SSSR count). The summed E-state index contributed by atoms with van der Waals surface area (Å²) in [6, 6.07) is 3.72. The van der Waals surface area contributed by atoms with E-state index in [-0.39, 0.29) is 11.8 Å². The van der Waals surface area contributed by atoms with Gasteiger partial charge in [0.15, 0.2) is 0 Å². The van der Waals surface area contributed by atoms with Crippen molar-refractivity contribution in [3.63, 3.8) is 0 Å². The molecule has 2 saturated carbocycles. The molecule has 2 fully saturated rings. The number of carbonyl (C=O) groups excluding carboxylic acids is 1. The second-order valence-electron chi connectivity index (χ2n) is 5.00. The van der Waals surface area contributed by atoms with Crippen LogP contribution >= 0.6 is 15.9 Å². The molecular weight excluding hydrogens is 280 g/mol. The number of nitrogens with one attached hydrogen (secondary N) is 1. The SMILES string of the molecule is O=C(Nc1ccc(Br)nc1)C1C2CCCCC21. The lowest BCUT2D eigenvalue weighted by Crippen LogP contribution is -2.15. The van der Waals surface area contributed by atoms with Gasteiger partial charge in [-0.25, -0.2) is 4.98 Å². The van der Waals surface area contributed by atoms with Gasteiger partial charge in [0.25, 0.3) is 0 Å². The molecule has 2 atom stereocenters. The maximum Gasteiger partial charge on any atom is 0.228 e. The second kappa shape index (κ2) is 4.41. The molecule has 1 N–H and O–H groups in total. The Morgan fingerprint density at radius 1 is 1.29 bits per heavy atom. The first-order valence-corrected chi connectivity index (χ1v) is 6.97. The van der Waals surface area contributed by atoms with Crippen LogP contribution in [-0.4, -0.2) is 10.9 Å². The molecule has 2 unspecified atom stereocenters. The Hall–Kier alpha value is -0.900. The van der Waals surface area contributed by atoms with Crippen LogP contribution in [0, 0.1) is 17.8 Å². The fourth-order valence-corrected chi connectivity index (χ4v) is 3.29. The Morgan fingerprint density at radius 2 is 2.00 bits per heavy atom. The van der Waals surface area contributed by atoms with Crippen molar-refractivity contribution in [1.29, 1.82) is 0 Å². The summed E-state index contributed by atoms with van der Waals surface area (Å²) in [6.45, 7) is 0. The third kappa shape index (κ3) is 2.23. The van der Waals surface area contributed by atoms with Gasteiger partial charge in [-0.2, -0.15) is 0 Å². The number of nitrogens with zero attached hydrogens (tertiary/aromatic N) is 1. The average molecular weight is 295 g/mol. The summed E-state index contributed by atoms with van der Waals surface area (Å²) in [5, 5.41) is 2.97.